The van der Waals surface area contributed by atoms with Gasteiger partial charge in [-0.2, -0.15) is 13.2 Å². The Balaban J connectivity index is 0.000000553. The quantitative estimate of drug-likeness (QED) is 0.352. The van der Waals surface area contributed by atoms with Gasteiger partial charge in [-0.25, -0.2) is 0 Å². The van der Waals surface area contributed by atoms with Gasteiger partial charge in [0, 0.05) is 6.42 Å². The van der Waals surface area contributed by atoms with Gasteiger partial charge in [0.15, 0.2) is 0 Å². The summed E-state index contributed by atoms with van der Waals surface area (Å²) in [5, 5.41) is 0. The van der Waals surface area contributed by atoms with Crippen LogP contribution in [0.5, 0.6) is 0 Å². The summed E-state index contributed by atoms with van der Waals surface area (Å²) >= 11 is 0. The maximum absolute atomic E-state index is 12.5. The van der Waals surface area contributed by atoms with Crippen molar-refractivity contribution in [2.75, 3.05) is 0 Å². The summed E-state index contributed by atoms with van der Waals surface area (Å²) in [7, 11) is 0. The fraction of sp³-hybridized carbons (Fsp3) is 0.652. The molecular formula is C23H33F3O4. The molecule has 0 spiro atoms. The van der Waals surface area contributed by atoms with Gasteiger partial charge in [-0.05, 0) is 51.0 Å². The van der Waals surface area contributed by atoms with Gasteiger partial charge in [-0.1, -0.05) is 50.1 Å². The highest BCUT2D eigenvalue weighted by atomic mass is 19.4. The Kier molecular flexibility index (Phi) is 10.4. The Bertz CT molecular complexity index is 634. The molecule has 0 unspecified atom stereocenters. The minimum Gasteiger partial charge on any atom is -0.462 e. The first-order valence-corrected chi connectivity index (χ1v) is 10.3. The standard InChI is InChI=1S/C18H23F3O2.C5H10O2/c1-13(11-14-7-8-14)16(9-10-18(19,20)21)17(22)23-12-15-5-3-2-4-6-15;1-5(2,3)7-4-6/h2-6,13-14,16H,7-12H2,1H3;4H,1-3H3/t13-,16-;/m1./s1. The topological polar surface area (TPSA) is 52.6 Å². The molecule has 1 aliphatic carbocycles. The largest absolute Gasteiger partial charge is 0.462 e. The fourth-order valence-electron chi connectivity index (χ4n) is 2.98. The SMILES string of the molecule is CC(C)(C)OC=O.C[C@H](CC1CC1)[C@@H](CCC(F)(F)F)C(=O)OCc1ccccc1. The lowest BCUT2D eigenvalue weighted by Crippen LogP contribution is -2.26. The fourth-order valence-corrected chi connectivity index (χ4v) is 2.98. The highest BCUT2D eigenvalue weighted by molar-refractivity contribution is 5.72. The van der Waals surface area contributed by atoms with Gasteiger partial charge in [-0.15, -0.1) is 0 Å². The van der Waals surface area contributed by atoms with Gasteiger partial charge < -0.3 is 9.47 Å². The molecule has 0 radical (unpaired) electrons. The van der Waals surface area contributed by atoms with Crippen LogP contribution in [0.2, 0.25) is 0 Å². The smallest absolute Gasteiger partial charge is 0.389 e. The summed E-state index contributed by atoms with van der Waals surface area (Å²) in [5.74, 6) is -0.694. The number of carbonyl (C=O) groups is 2. The van der Waals surface area contributed by atoms with Crippen LogP contribution in [-0.2, 0) is 25.7 Å². The van der Waals surface area contributed by atoms with Gasteiger partial charge in [-0.3, -0.25) is 9.59 Å². The second kappa shape index (κ2) is 12.0. The summed E-state index contributed by atoms with van der Waals surface area (Å²) < 4.78 is 47.4. The van der Waals surface area contributed by atoms with Gasteiger partial charge in [0.05, 0.1) is 5.92 Å². The van der Waals surface area contributed by atoms with Gasteiger partial charge >= 0.3 is 12.1 Å². The van der Waals surface area contributed by atoms with E-state index in [2.05, 4.69) is 4.74 Å². The molecule has 0 heterocycles. The Morgan fingerprint density at radius 1 is 1.17 bits per heavy atom. The Morgan fingerprint density at radius 3 is 2.20 bits per heavy atom. The van der Waals surface area contributed by atoms with Crippen LogP contribution in [0.15, 0.2) is 30.3 Å². The van der Waals surface area contributed by atoms with Crippen molar-refractivity contribution >= 4 is 12.4 Å². The molecule has 4 nitrogen and oxygen atoms in total. The van der Waals surface area contributed by atoms with E-state index in [1.807, 2.05) is 58.0 Å². The van der Waals surface area contributed by atoms with Crippen LogP contribution in [0.1, 0.15) is 65.4 Å². The Labute approximate surface area is 177 Å². The molecule has 0 aliphatic heterocycles. The van der Waals surface area contributed by atoms with E-state index in [4.69, 9.17) is 4.74 Å². The first-order valence-electron chi connectivity index (χ1n) is 10.3. The zero-order valence-electron chi connectivity index (χ0n) is 18.2. The monoisotopic (exact) mass is 430 g/mol. The van der Waals surface area contributed by atoms with E-state index in [0.717, 1.165) is 24.8 Å². The van der Waals surface area contributed by atoms with Crippen LogP contribution in [-0.4, -0.2) is 24.2 Å². The van der Waals surface area contributed by atoms with Gasteiger partial charge in [0.2, 0.25) is 0 Å². The number of halogens is 3. The zero-order valence-corrected chi connectivity index (χ0v) is 18.2. The van der Waals surface area contributed by atoms with Crippen molar-refractivity contribution < 1.29 is 32.2 Å². The lowest BCUT2D eigenvalue weighted by molar-refractivity contribution is -0.157. The molecule has 1 aromatic rings. The normalized spacial score (nSPS) is 16.0. The summed E-state index contributed by atoms with van der Waals surface area (Å²) in [5.41, 5.74) is 0.521. The Morgan fingerprint density at radius 2 is 1.77 bits per heavy atom. The number of hydrogen-bond acceptors (Lipinski definition) is 4. The van der Waals surface area contributed by atoms with Gasteiger partial charge in [0.25, 0.3) is 6.47 Å². The van der Waals surface area contributed by atoms with E-state index in [-0.39, 0.29) is 24.5 Å². The van der Waals surface area contributed by atoms with E-state index in [1.54, 1.807) is 0 Å². The van der Waals surface area contributed by atoms with Crippen molar-refractivity contribution in [3.8, 4) is 0 Å². The molecule has 2 rings (SSSR count). The summed E-state index contributed by atoms with van der Waals surface area (Å²) in [4.78, 5) is 21.9. The van der Waals surface area contributed by atoms with Crippen molar-refractivity contribution in [3.05, 3.63) is 35.9 Å². The molecule has 1 saturated carbocycles. The average molecular weight is 431 g/mol. The number of hydrogen-bond donors (Lipinski definition) is 0. The van der Waals surface area contributed by atoms with Crippen LogP contribution in [0.3, 0.4) is 0 Å². The lowest BCUT2D eigenvalue weighted by Gasteiger charge is -2.23. The van der Waals surface area contributed by atoms with E-state index < -0.39 is 24.5 Å². The first-order chi connectivity index (χ1) is 13.9. The van der Waals surface area contributed by atoms with E-state index in [9.17, 15) is 22.8 Å². The average Bonchev–Trinajstić information content (AvgIpc) is 3.43. The molecule has 0 aromatic heterocycles. The highest BCUT2D eigenvalue weighted by Crippen LogP contribution is 2.39. The number of esters is 1. The summed E-state index contributed by atoms with van der Waals surface area (Å²) in [6.45, 7) is 7.89. The maximum atomic E-state index is 12.5. The number of carbonyl (C=O) groups excluding carboxylic acids is 2. The van der Waals surface area contributed by atoms with Crippen LogP contribution in [0.4, 0.5) is 13.2 Å². The third kappa shape index (κ3) is 12.5. The summed E-state index contributed by atoms with van der Waals surface area (Å²) in [6.07, 6.45) is -2.32. The molecule has 1 aliphatic rings. The molecule has 7 heteroatoms. The van der Waals surface area contributed by atoms with Crippen LogP contribution < -0.4 is 0 Å². The molecule has 0 amide bonds. The zero-order chi connectivity index (χ0) is 22.8. The molecule has 0 bridgehead atoms. The molecule has 1 aromatic carbocycles. The summed E-state index contributed by atoms with van der Waals surface area (Å²) in [6, 6.07) is 9.17. The van der Waals surface area contributed by atoms with E-state index >= 15 is 0 Å². The van der Waals surface area contributed by atoms with E-state index in [0.29, 0.717) is 12.4 Å². The molecule has 0 N–H and O–H groups in total. The molecular weight excluding hydrogens is 397 g/mol. The second-order valence-corrected chi connectivity index (χ2v) is 8.84. The first kappa shape index (κ1) is 26.0. The molecule has 30 heavy (non-hydrogen) atoms. The van der Waals surface area contributed by atoms with Crippen molar-refractivity contribution in [1.82, 2.24) is 0 Å². The van der Waals surface area contributed by atoms with Crippen LogP contribution >= 0.6 is 0 Å². The highest BCUT2D eigenvalue weighted by Gasteiger charge is 2.36. The predicted octanol–water partition coefficient (Wildman–Crippen LogP) is 6.08. The minimum absolute atomic E-state index is 0.0758. The van der Waals surface area contributed by atoms with Crippen LogP contribution in [0.25, 0.3) is 0 Å². The van der Waals surface area contributed by atoms with Crippen molar-refractivity contribution in [2.45, 2.75) is 78.2 Å². The van der Waals surface area contributed by atoms with Gasteiger partial charge in [0.1, 0.15) is 12.2 Å². The van der Waals surface area contributed by atoms with Crippen LogP contribution in [0, 0.1) is 17.8 Å². The third-order valence-electron chi connectivity index (χ3n) is 4.76. The number of alkyl halides is 3. The molecule has 2 atom stereocenters. The second-order valence-electron chi connectivity index (χ2n) is 8.84. The maximum Gasteiger partial charge on any atom is 0.389 e. The van der Waals surface area contributed by atoms with Crippen molar-refractivity contribution in [1.29, 1.82) is 0 Å². The molecule has 170 valence electrons. The lowest BCUT2D eigenvalue weighted by atomic mass is 9.86. The number of benzene rings is 1. The predicted molar refractivity (Wildman–Crippen MR) is 108 cm³/mol. The molecule has 1 fully saturated rings. The van der Waals surface area contributed by atoms with Crippen molar-refractivity contribution in [3.63, 3.8) is 0 Å². The third-order valence-corrected chi connectivity index (χ3v) is 4.76. The molecule has 0 saturated heterocycles. The number of rotatable bonds is 9. The minimum atomic E-state index is -4.24. The number of ether oxygens (including phenoxy) is 2. The van der Waals surface area contributed by atoms with E-state index in [1.165, 1.54) is 0 Å². The Hall–Kier alpha value is -2.05. The van der Waals surface area contributed by atoms with Crippen molar-refractivity contribution in [2.24, 2.45) is 17.8 Å².